The van der Waals surface area contributed by atoms with Crippen molar-refractivity contribution in [3.05, 3.63) is 48.5 Å². The highest BCUT2D eigenvalue weighted by atomic mass is 16.5. The van der Waals surface area contributed by atoms with Gasteiger partial charge in [0.25, 0.3) is 5.91 Å². The molecule has 6 nitrogen and oxygen atoms in total. The van der Waals surface area contributed by atoms with E-state index >= 15 is 0 Å². The fraction of sp³-hybridized carbons (Fsp3) is 0.474. The van der Waals surface area contributed by atoms with Crippen LogP contribution in [0.1, 0.15) is 23.3 Å². The number of pyridine rings is 1. The molecule has 0 aromatic carbocycles. The van der Waals surface area contributed by atoms with Crippen molar-refractivity contribution >= 4 is 11.6 Å². The van der Waals surface area contributed by atoms with Crippen LogP contribution in [0.3, 0.4) is 0 Å². The van der Waals surface area contributed by atoms with E-state index in [-0.39, 0.29) is 12.0 Å². The highest BCUT2D eigenvalue weighted by Crippen LogP contribution is 2.28. The summed E-state index contributed by atoms with van der Waals surface area (Å²) in [6, 6.07) is 8.18. The maximum atomic E-state index is 12.8. The van der Waals surface area contributed by atoms with E-state index < -0.39 is 0 Å². The average Bonchev–Trinajstić information content (AvgIpc) is 2.96. The Kier molecular flexibility index (Phi) is 4.44. The van der Waals surface area contributed by atoms with Gasteiger partial charge in [-0.05, 0) is 37.1 Å². The summed E-state index contributed by atoms with van der Waals surface area (Å²) in [5.74, 6) is 0.110. The first-order valence-corrected chi connectivity index (χ1v) is 8.93. The molecule has 2 saturated heterocycles. The Morgan fingerprint density at radius 1 is 1.20 bits per heavy atom. The highest BCUT2D eigenvalue weighted by molar-refractivity contribution is 5.92. The number of aromatic nitrogens is 2. The standard InChI is InChI=1S/C19H24N4O2/c1-21-9-3-5-17(21)19(24)22-10-6-16-18(7-11-22)25-13-12-23(16)15-4-2-8-20-14-15/h2-5,8-9,14,16,18H,6-7,10-13H2,1H3/t16-,18-/m1/s1. The first-order chi connectivity index (χ1) is 12.2. The van der Waals surface area contributed by atoms with Crippen LogP contribution in [0.15, 0.2) is 42.9 Å². The zero-order chi connectivity index (χ0) is 17.2. The molecule has 6 heteroatoms. The van der Waals surface area contributed by atoms with Gasteiger partial charge < -0.3 is 19.1 Å². The van der Waals surface area contributed by atoms with E-state index in [2.05, 4.69) is 16.0 Å². The topological polar surface area (TPSA) is 50.6 Å². The molecule has 1 amide bonds. The number of carbonyl (C=O) groups is 1. The molecule has 2 fully saturated rings. The van der Waals surface area contributed by atoms with E-state index in [1.165, 1.54) is 0 Å². The van der Waals surface area contributed by atoms with E-state index in [1.807, 2.05) is 47.1 Å². The third kappa shape index (κ3) is 3.14. The molecule has 25 heavy (non-hydrogen) atoms. The molecule has 2 aliphatic heterocycles. The number of amides is 1. The van der Waals surface area contributed by atoms with Gasteiger partial charge in [-0.3, -0.25) is 9.78 Å². The Morgan fingerprint density at radius 3 is 2.84 bits per heavy atom. The lowest BCUT2D eigenvalue weighted by molar-refractivity contribution is 0.00906. The van der Waals surface area contributed by atoms with Gasteiger partial charge in [-0.1, -0.05) is 0 Å². The van der Waals surface area contributed by atoms with E-state index in [0.29, 0.717) is 6.04 Å². The van der Waals surface area contributed by atoms with Crippen LogP contribution in [0.2, 0.25) is 0 Å². The van der Waals surface area contributed by atoms with E-state index in [0.717, 1.165) is 50.5 Å². The smallest absolute Gasteiger partial charge is 0.270 e. The third-order valence-electron chi connectivity index (χ3n) is 5.30. The first-order valence-electron chi connectivity index (χ1n) is 8.93. The molecule has 2 aliphatic rings. The van der Waals surface area contributed by atoms with Crippen molar-refractivity contribution in [2.24, 2.45) is 7.05 Å². The molecule has 2 atom stereocenters. The van der Waals surface area contributed by atoms with Crippen molar-refractivity contribution in [3.63, 3.8) is 0 Å². The van der Waals surface area contributed by atoms with Crippen LogP contribution in [-0.2, 0) is 11.8 Å². The normalized spacial score (nSPS) is 23.9. The van der Waals surface area contributed by atoms with Gasteiger partial charge in [-0.2, -0.15) is 0 Å². The largest absolute Gasteiger partial charge is 0.374 e. The maximum Gasteiger partial charge on any atom is 0.270 e. The Hall–Kier alpha value is -2.34. The van der Waals surface area contributed by atoms with Gasteiger partial charge in [0.1, 0.15) is 5.69 Å². The lowest BCUT2D eigenvalue weighted by Crippen LogP contribution is -2.51. The van der Waals surface area contributed by atoms with Crippen LogP contribution in [0, 0.1) is 0 Å². The van der Waals surface area contributed by atoms with Crippen molar-refractivity contribution in [1.29, 1.82) is 0 Å². The summed E-state index contributed by atoms with van der Waals surface area (Å²) < 4.78 is 7.94. The number of likely N-dealkylation sites (tertiary alicyclic amines) is 1. The Morgan fingerprint density at radius 2 is 2.08 bits per heavy atom. The van der Waals surface area contributed by atoms with Crippen LogP contribution >= 0.6 is 0 Å². The molecule has 0 unspecified atom stereocenters. The van der Waals surface area contributed by atoms with Crippen molar-refractivity contribution in [2.75, 3.05) is 31.1 Å². The summed E-state index contributed by atoms with van der Waals surface area (Å²) >= 11 is 0. The molecule has 2 aromatic rings. The number of morpholine rings is 1. The monoisotopic (exact) mass is 340 g/mol. The van der Waals surface area contributed by atoms with Crippen LogP contribution in [-0.4, -0.2) is 58.7 Å². The van der Waals surface area contributed by atoms with Crippen molar-refractivity contribution in [1.82, 2.24) is 14.5 Å². The molecule has 0 spiro atoms. The van der Waals surface area contributed by atoms with Gasteiger partial charge in [-0.25, -0.2) is 0 Å². The van der Waals surface area contributed by atoms with Crippen molar-refractivity contribution in [3.8, 4) is 0 Å². The van der Waals surface area contributed by atoms with Gasteiger partial charge in [-0.15, -0.1) is 0 Å². The third-order valence-corrected chi connectivity index (χ3v) is 5.30. The molecule has 2 aromatic heterocycles. The fourth-order valence-electron chi connectivity index (χ4n) is 3.97. The number of nitrogens with zero attached hydrogens (tertiary/aromatic N) is 4. The van der Waals surface area contributed by atoms with E-state index in [4.69, 9.17) is 4.74 Å². The Balaban J connectivity index is 1.51. The molecule has 0 aliphatic carbocycles. The second kappa shape index (κ2) is 6.88. The number of fused-ring (bicyclic) bond motifs is 1. The number of anilines is 1. The highest BCUT2D eigenvalue weighted by Gasteiger charge is 2.36. The molecular formula is C19H24N4O2. The predicted octanol–water partition coefficient (Wildman–Crippen LogP) is 1.93. The molecular weight excluding hydrogens is 316 g/mol. The second-order valence-electron chi connectivity index (χ2n) is 6.76. The van der Waals surface area contributed by atoms with Gasteiger partial charge in [0.2, 0.25) is 0 Å². The van der Waals surface area contributed by atoms with Gasteiger partial charge in [0.15, 0.2) is 0 Å². The number of hydrogen-bond acceptors (Lipinski definition) is 4. The molecule has 0 N–H and O–H groups in total. The fourth-order valence-corrected chi connectivity index (χ4v) is 3.97. The average molecular weight is 340 g/mol. The quantitative estimate of drug-likeness (QED) is 0.838. The van der Waals surface area contributed by atoms with Gasteiger partial charge in [0, 0.05) is 39.1 Å². The van der Waals surface area contributed by atoms with E-state index in [1.54, 1.807) is 6.20 Å². The Bertz CT molecular complexity index is 730. The minimum absolute atomic E-state index is 0.110. The van der Waals surface area contributed by atoms with Crippen molar-refractivity contribution < 1.29 is 9.53 Å². The van der Waals surface area contributed by atoms with Crippen LogP contribution in [0.25, 0.3) is 0 Å². The molecule has 4 rings (SSSR count). The maximum absolute atomic E-state index is 12.8. The molecule has 132 valence electrons. The number of aryl methyl sites for hydroxylation is 1. The van der Waals surface area contributed by atoms with Crippen LogP contribution in [0.5, 0.6) is 0 Å². The van der Waals surface area contributed by atoms with E-state index in [9.17, 15) is 4.79 Å². The molecule has 0 radical (unpaired) electrons. The summed E-state index contributed by atoms with van der Waals surface area (Å²) in [6.07, 6.45) is 7.58. The van der Waals surface area contributed by atoms with Crippen LogP contribution < -0.4 is 4.90 Å². The second-order valence-corrected chi connectivity index (χ2v) is 6.76. The van der Waals surface area contributed by atoms with Crippen molar-refractivity contribution in [2.45, 2.75) is 25.0 Å². The summed E-state index contributed by atoms with van der Waals surface area (Å²) in [5, 5.41) is 0. The number of rotatable bonds is 2. The Labute approximate surface area is 148 Å². The molecule has 0 bridgehead atoms. The number of carbonyl (C=O) groups excluding carboxylic acids is 1. The summed E-state index contributed by atoms with van der Waals surface area (Å²) in [5.41, 5.74) is 1.89. The zero-order valence-corrected chi connectivity index (χ0v) is 14.5. The lowest BCUT2D eigenvalue weighted by atomic mass is 10.0. The predicted molar refractivity (Wildman–Crippen MR) is 95.7 cm³/mol. The van der Waals surface area contributed by atoms with Crippen LogP contribution in [0.4, 0.5) is 5.69 Å². The lowest BCUT2D eigenvalue weighted by Gasteiger charge is -2.41. The summed E-state index contributed by atoms with van der Waals surface area (Å²) in [7, 11) is 1.91. The SMILES string of the molecule is Cn1cccc1C(=O)N1CC[C@@H]2[C@@H](CC1)OCCN2c1cccnc1. The minimum atomic E-state index is 0.110. The number of hydrogen-bond donors (Lipinski definition) is 0. The summed E-state index contributed by atoms with van der Waals surface area (Å²) in [4.78, 5) is 21.5. The minimum Gasteiger partial charge on any atom is -0.374 e. The zero-order valence-electron chi connectivity index (χ0n) is 14.5. The summed E-state index contributed by atoms with van der Waals surface area (Å²) in [6.45, 7) is 3.10. The molecule has 4 heterocycles. The van der Waals surface area contributed by atoms with Gasteiger partial charge in [0.05, 0.1) is 30.6 Å². The first kappa shape index (κ1) is 16.1. The molecule has 0 saturated carbocycles. The number of ether oxygens (including phenoxy) is 1. The van der Waals surface area contributed by atoms with Gasteiger partial charge >= 0.3 is 0 Å².